The molecule has 0 aliphatic heterocycles. The first-order valence-electron chi connectivity index (χ1n) is 3.26. The first kappa shape index (κ1) is 9.89. The van der Waals surface area contributed by atoms with E-state index in [2.05, 4.69) is 5.32 Å². The van der Waals surface area contributed by atoms with Crippen LogP contribution in [0.5, 0.6) is 0 Å². The van der Waals surface area contributed by atoms with Gasteiger partial charge in [0.15, 0.2) is 0 Å². The fraction of sp³-hybridized carbons (Fsp3) is 0.286. The predicted molar refractivity (Wildman–Crippen MR) is 56.3 cm³/mol. The van der Waals surface area contributed by atoms with Crippen molar-refractivity contribution in [3.63, 3.8) is 0 Å². The highest BCUT2D eigenvalue weighted by Gasteiger charge is 2.04. The number of hydrogen-bond donors (Lipinski definition) is 1. The van der Waals surface area contributed by atoms with Gasteiger partial charge in [0.25, 0.3) is 0 Å². The van der Waals surface area contributed by atoms with Crippen molar-refractivity contribution in [2.45, 2.75) is 0 Å². The van der Waals surface area contributed by atoms with E-state index in [1.165, 1.54) is 23.1 Å². The summed E-state index contributed by atoms with van der Waals surface area (Å²) in [5.41, 5.74) is 0.709. The molecule has 1 aromatic rings. The summed E-state index contributed by atoms with van der Waals surface area (Å²) in [5, 5.41) is 4.55. The maximum absolute atomic E-state index is 11.1. The highest BCUT2D eigenvalue weighted by Crippen LogP contribution is 2.27. The monoisotopic (exact) mass is 221 g/mol. The molecule has 2 nitrogen and oxygen atoms in total. The largest absolute Gasteiger partial charge is 0.323 e. The van der Waals surface area contributed by atoms with Crippen molar-refractivity contribution < 1.29 is 4.79 Å². The predicted octanol–water partition coefficient (Wildman–Crippen LogP) is 2.70. The van der Waals surface area contributed by atoms with Crippen molar-refractivity contribution in [2.24, 2.45) is 0 Å². The lowest BCUT2D eigenvalue weighted by atomic mass is 10.5. The van der Waals surface area contributed by atoms with Gasteiger partial charge < -0.3 is 5.32 Å². The topological polar surface area (TPSA) is 29.1 Å². The summed E-state index contributed by atoms with van der Waals surface area (Å²) >= 11 is 8.68. The van der Waals surface area contributed by atoms with Gasteiger partial charge in [0, 0.05) is 0 Å². The molecule has 1 heterocycles. The number of halogens is 1. The van der Waals surface area contributed by atoms with Crippen LogP contribution in [-0.2, 0) is 4.79 Å². The number of carbonyl (C=O) groups excluding carboxylic acids is 1. The van der Waals surface area contributed by atoms with Gasteiger partial charge >= 0.3 is 0 Å². The van der Waals surface area contributed by atoms with Gasteiger partial charge in [-0.25, -0.2) is 0 Å². The molecule has 0 radical (unpaired) electrons. The summed E-state index contributed by atoms with van der Waals surface area (Å²) in [4.78, 5) is 11.1. The van der Waals surface area contributed by atoms with E-state index in [1.54, 1.807) is 6.07 Å². The second-order valence-electron chi connectivity index (χ2n) is 2.09. The molecule has 5 heteroatoms. The molecule has 0 atom stereocenters. The van der Waals surface area contributed by atoms with E-state index in [1.807, 2.05) is 11.6 Å². The van der Waals surface area contributed by atoms with Crippen LogP contribution in [-0.4, -0.2) is 17.9 Å². The first-order valence-corrected chi connectivity index (χ1v) is 5.91. The van der Waals surface area contributed by atoms with Gasteiger partial charge in [0.05, 0.1) is 11.4 Å². The molecule has 0 fully saturated rings. The number of rotatable bonds is 3. The van der Waals surface area contributed by atoms with Crippen molar-refractivity contribution in [3.8, 4) is 0 Å². The third kappa shape index (κ3) is 2.69. The number of thiophene rings is 1. The Balaban J connectivity index is 2.52. The number of nitrogens with one attached hydrogen (secondary N) is 1. The quantitative estimate of drug-likeness (QED) is 0.851. The Morgan fingerprint density at radius 2 is 2.58 bits per heavy atom. The molecule has 0 spiro atoms. The first-order chi connectivity index (χ1) is 5.74. The van der Waals surface area contributed by atoms with Gasteiger partial charge in [0.2, 0.25) is 5.91 Å². The molecule has 1 rings (SSSR count). The fourth-order valence-electron chi connectivity index (χ4n) is 0.699. The molecule has 1 aromatic heterocycles. The minimum Gasteiger partial charge on any atom is -0.323 e. The summed E-state index contributed by atoms with van der Waals surface area (Å²) in [6.45, 7) is 0. The number of hydrogen-bond acceptors (Lipinski definition) is 3. The zero-order chi connectivity index (χ0) is 8.97. The normalized spacial score (nSPS) is 9.83. The third-order valence-electron chi connectivity index (χ3n) is 1.17. The van der Waals surface area contributed by atoms with Crippen LogP contribution in [0.4, 0.5) is 5.69 Å². The minimum absolute atomic E-state index is 0.0113. The average molecular weight is 222 g/mol. The lowest BCUT2D eigenvalue weighted by Gasteiger charge is -2.00. The van der Waals surface area contributed by atoms with E-state index in [-0.39, 0.29) is 5.91 Å². The number of carbonyl (C=O) groups is 1. The molecule has 0 unspecified atom stereocenters. The van der Waals surface area contributed by atoms with Crippen LogP contribution in [0.1, 0.15) is 0 Å². The van der Waals surface area contributed by atoms with Crippen LogP contribution in [0.2, 0.25) is 4.34 Å². The van der Waals surface area contributed by atoms with Gasteiger partial charge in [-0.3, -0.25) is 4.79 Å². The van der Waals surface area contributed by atoms with Crippen LogP contribution >= 0.6 is 34.7 Å². The molecule has 0 aliphatic rings. The highest BCUT2D eigenvalue weighted by atomic mass is 35.5. The zero-order valence-electron chi connectivity index (χ0n) is 6.46. The molecular weight excluding hydrogens is 214 g/mol. The lowest BCUT2D eigenvalue weighted by Crippen LogP contribution is -2.13. The summed E-state index contributed by atoms with van der Waals surface area (Å²) in [7, 11) is 0. The Bertz CT molecular complexity index is 274. The van der Waals surface area contributed by atoms with E-state index >= 15 is 0 Å². The molecule has 1 N–H and O–H groups in total. The van der Waals surface area contributed by atoms with E-state index in [4.69, 9.17) is 11.6 Å². The maximum atomic E-state index is 11.1. The van der Waals surface area contributed by atoms with Gasteiger partial charge in [-0.15, -0.1) is 11.3 Å². The van der Waals surface area contributed by atoms with E-state index < -0.39 is 0 Å². The molecule has 1 amide bonds. The van der Waals surface area contributed by atoms with Crippen LogP contribution < -0.4 is 5.32 Å². The Kier molecular flexibility index (Phi) is 3.91. The SMILES string of the molecule is CSCC(=O)Nc1ccsc1Cl. The maximum Gasteiger partial charge on any atom is 0.234 e. The summed E-state index contributed by atoms with van der Waals surface area (Å²) in [5.74, 6) is 0.453. The van der Waals surface area contributed by atoms with Crippen molar-refractivity contribution >= 4 is 46.3 Å². The average Bonchev–Trinajstić information content (AvgIpc) is 2.37. The highest BCUT2D eigenvalue weighted by molar-refractivity contribution is 7.99. The molecular formula is C7H8ClNOS2. The Morgan fingerprint density at radius 3 is 3.08 bits per heavy atom. The second kappa shape index (κ2) is 4.74. The summed E-state index contributed by atoms with van der Waals surface area (Å²) < 4.78 is 0.629. The van der Waals surface area contributed by atoms with Crippen molar-refractivity contribution in [1.29, 1.82) is 0 Å². The standard InChI is InChI=1S/C7H8ClNOS2/c1-11-4-6(10)9-5-2-3-12-7(5)8/h2-3H,4H2,1H3,(H,9,10). The second-order valence-corrected chi connectivity index (χ2v) is 4.47. The lowest BCUT2D eigenvalue weighted by molar-refractivity contribution is -0.113. The minimum atomic E-state index is -0.0113. The van der Waals surface area contributed by atoms with Crippen LogP contribution in [0, 0.1) is 0 Å². The van der Waals surface area contributed by atoms with Gasteiger partial charge in [-0.2, -0.15) is 11.8 Å². The van der Waals surface area contributed by atoms with E-state index in [0.717, 1.165) is 0 Å². The van der Waals surface area contributed by atoms with Gasteiger partial charge in [0.1, 0.15) is 4.34 Å². The third-order valence-corrected chi connectivity index (χ3v) is 2.89. The molecule has 0 bridgehead atoms. The van der Waals surface area contributed by atoms with Crippen molar-refractivity contribution in [3.05, 3.63) is 15.8 Å². The zero-order valence-corrected chi connectivity index (χ0v) is 8.85. The molecule has 0 saturated heterocycles. The van der Waals surface area contributed by atoms with Gasteiger partial charge in [-0.1, -0.05) is 11.6 Å². The Morgan fingerprint density at radius 1 is 1.83 bits per heavy atom. The molecule has 0 aromatic carbocycles. The smallest absolute Gasteiger partial charge is 0.234 e. The Labute approximate surface area is 84.3 Å². The fourth-order valence-corrected chi connectivity index (χ4v) is 1.87. The molecule has 0 aliphatic carbocycles. The molecule has 0 saturated carbocycles. The van der Waals surface area contributed by atoms with E-state index in [9.17, 15) is 4.79 Å². The molecule has 12 heavy (non-hydrogen) atoms. The van der Waals surface area contributed by atoms with Crippen molar-refractivity contribution in [1.82, 2.24) is 0 Å². The molecule has 66 valence electrons. The summed E-state index contributed by atoms with van der Waals surface area (Å²) in [6, 6.07) is 1.80. The summed E-state index contributed by atoms with van der Waals surface area (Å²) in [6.07, 6.45) is 1.88. The Hall–Kier alpha value is -0.190. The number of thioether (sulfide) groups is 1. The number of anilines is 1. The van der Waals surface area contributed by atoms with Gasteiger partial charge in [-0.05, 0) is 17.7 Å². The van der Waals surface area contributed by atoms with Crippen LogP contribution in [0.15, 0.2) is 11.4 Å². The van der Waals surface area contributed by atoms with Crippen LogP contribution in [0.3, 0.4) is 0 Å². The van der Waals surface area contributed by atoms with Crippen molar-refractivity contribution in [2.75, 3.05) is 17.3 Å². The van der Waals surface area contributed by atoms with E-state index in [0.29, 0.717) is 15.8 Å². The van der Waals surface area contributed by atoms with Crippen LogP contribution in [0.25, 0.3) is 0 Å². The number of amides is 1.